The number of aliphatic hydroxyl groups is 1. The van der Waals surface area contributed by atoms with Crippen molar-refractivity contribution in [3.8, 4) is 23.3 Å². The van der Waals surface area contributed by atoms with Crippen LogP contribution in [-0.4, -0.2) is 69.8 Å². The van der Waals surface area contributed by atoms with Gasteiger partial charge in [0.25, 0.3) is 5.91 Å². The van der Waals surface area contributed by atoms with Gasteiger partial charge in [-0.15, -0.1) is 0 Å². The van der Waals surface area contributed by atoms with Crippen LogP contribution >= 0.6 is 0 Å². The van der Waals surface area contributed by atoms with Crippen LogP contribution in [0.3, 0.4) is 0 Å². The van der Waals surface area contributed by atoms with Gasteiger partial charge in [-0.05, 0) is 80.8 Å². The number of halogens is 3. The first kappa shape index (κ1) is 25.7. The fourth-order valence-electron chi connectivity index (χ4n) is 7.99. The summed E-state index contributed by atoms with van der Waals surface area (Å²) in [5.41, 5.74) is -0.608. The molecule has 0 aromatic heterocycles. The van der Waals surface area contributed by atoms with Crippen molar-refractivity contribution in [1.29, 1.82) is 0 Å². The molecule has 0 radical (unpaired) electrons. The molecule has 5 atom stereocenters. The van der Waals surface area contributed by atoms with E-state index in [4.69, 9.17) is 4.74 Å². The van der Waals surface area contributed by atoms with Crippen molar-refractivity contribution in [3.05, 3.63) is 58.7 Å². The Morgan fingerprint density at radius 2 is 2.00 bits per heavy atom. The molecule has 9 heteroatoms. The van der Waals surface area contributed by atoms with E-state index >= 15 is 0 Å². The van der Waals surface area contributed by atoms with E-state index in [2.05, 4.69) is 16.7 Å². The molecule has 40 heavy (non-hydrogen) atoms. The number of likely N-dealkylation sites (tertiary alicyclic amines) is 1. The number of amides is 1. The van der Waals surface area contributed by atoms with Crippen LogP contribution in [-0.2, 0) is 22.8 Å². The molecule has 2 bridgehead atoms. The monoisotopic (exact) mass is 552 g/mol. The van der Waals surface area contributed by atoms with E-state index in [9.17, 15) is 28.2 Å². The molecule has 2 aromatic rings. The van der Waals surface area contributed by atoms with Gasteiger partial charge in [0.15, 0.2) is 11.5 Å². The molecule has 6 nitrogen and oxygen atoms in total. The minimum atomic E-state index is -4.50. The normalized spacial score (nSPS) is 32.0. The SMILES string of the molecule is CN(C(=O)C#Cc1cccc(C(F)(F)F)c1)[C@@H]1CC[C@@]2(O)[C@H]3Cc4ccc(O)c5c4[C@@]2(CCN3CC2CC2)[C@H]1O5. The van der Waals surface area contributed by atoms with Crippen LogP contribution in [0.15, 0.2) is 36.4 Å². The summed E-state index contributed by atoms with van der Waals surface area (Å²) in [6.45, 7) is 1.78. The molecule has 2 aliphatic heterocycles. The Labute approximate surface area is 230 Å². The molecule has 2 N–H and O–H groups in total. The largest absolute Gasteiger partial charge is 0.504 e. The number of phenols is 1. The Balaban J connectivity index is 1.22. The van der Waals surface area contributed by atoms with Crippen molar-refractivity contribution in [2.75, 3.05) is 20.1 Å². The summed E-state index contributed by atoms with van der Waals surface area (Å²) in [4.78, 5) is 17.2. The lowest BCUT2D eigenvalue weighted by molar-refractivity contribution is -0.199. The number of ether oxygens (including phenoxy) is 1. The number of likely N-dealkylation sites (N-methyl/N-ethyl adjacent to an activating group) is 1. The highest BCUT2D eigenvalue weighted by atomic mass is 19.4. The van der Waals surface area contributed by atoms with Crippen molar-refractivity contribution in [2.45, 2.75) is 73.9 Å². The molecule has 210 valence electrons. The Morgan fingerprint density at radius 1 is 1.20 bits per heavy atom. The van der Waals surface area contributed by atoms with E-state index in [0.717, 1.165) is 36.3 Å². The topological polar surface area (TPSA) is 73.2 Å². The fourth-order valence-corrected chi connectivity index (χ4v) is 7.99. The van der Waals surface area contributed by atoms with Crippen LogP contribution in [0, 0.1) is 17.8 Å². The van der Waals surface area contributed by atoms with Crippen molar-refractivity contribution in [2.24, 2.45) is 5.92 Å². The van der Waals surface area contributed by atoms with E-state index in [1.54, 1.807) is 13.1 Å². The van der Waals surface area contributed by atoms with E-state index in [-0.39, 0.29) is 17.4 Å². The number of alkyl halides is 3. The molecule has 2 saturated carbocycles. The molecule has 1 spiro atoms. The van der Waals surface area contributed by atoms with E-state index in [1.807, 2.05) is 6.07 Å². The summed E-state index contributed by atoms with van der Waals surface area (Å²) < 4.78 is 45.8. The zero-order valence-electron chi connectivity index (χ0n) is 22.2. The summed E-state index contributed by atoms with van der Waals surface area (Å²) in [6.07, 6.45) is -0.343. The molecule has 5 aliphatic rings. The number of hydrogen-bond donors (Lipinski definition) is 2. The Morgan fingerprint density at radius 3 is 2.75 bits per heavy atom. The second-order valence-electron chi connectivity index (χ2n) is 12.1. The lowest BCUT2D eigenvalue weighted by Gasteiger charge is -2.64. The molecule has 1 amide bonds. The number of carbonyl (C=O) groups excluding carboxylic acids is 1. The van der Waals surface area contributed by atoms with Gasteiger partial charge in [-0.2, -0.15) is 13.2 Å². The third-order valence-corrected chi connectivity index (χ3v) is 10.1. The molecular formula is C31H31F3N2O4. The highest BCUT2D eigenvalue weighted by molar-refractivity contribution is 5.94. The molecule has 7 rings (SSSR count). The van der Waals surface area contributed by atoms with Gasteiger partial charge in [0, 0.05) is 36.7 Å². The van der Waals surface area contributed by atoms with Crippen molar-refractivity contribution in [3.63, 3.8) is 0 Å². The third-order valence-electron chi connectivity index (χ3n) is 10.1. The number of carbonyl (C=O) groups is 1. The second kappa shape index (κ2) is 8.64. The van der Waals surface area contributed by atoms with Crippen LogP contribution < -0.4 is 4.74 Å². The number of phenolic OH excluding ortho intramolecular Hbond substituents is 1. The molecule has 2 aromatic carbocycles. The number of hydrogen-bond acceptors (Lipinski definition) is 5. The molecule has 2 heterocycles. The van der Waals surface area contributed by atoms with Gasteiger partial charge in [-0.3, -0.25) is 9.69 Å². The molecular weight excluding hydrogens is 521 g/mol. The average Bonchev–Trinajstić information content (AvgIpc) is 3.66. The lowest BCUT2D eigenvalue weighted by atomic mass is 9.48. The first-order chi connectivity index (χ1) is 19.0. The highest BCUT2D eigenvalue weighted by Gasteiger charge is 2.73. The first-order valence-electron chi connectivity index (χ1n) is 14.0. The maximum atomic E-state index is 13.3. The Hall–Kier alpha value is -3.22. The van der Waals surface area contributed by atoms with E-state index < -0.39 is 40.8 Å². The van der Waals surface area contributed by atoms with E-state index in [1.165, 1.54) is 29.9 Å². The van der Waals surface area contributed by atoms with Gasteiger partial charge < -0.3 is 19.8 Å². The van der Waals surface area contributed by atoms with Crippen molar-refractivity contribution >= 4 is 5.91 Å². The van der Waals surface area contributed by atoms with Crippen molar-refractivity contribution < 1.29 is 32.9 Å². The second-order valence-corrected chi connectivity index (χ2v) is 12.1. The fraction of sp³-hybridized carbons (Fsp3) is 0.516. The summed E-state index contributed by atoms with van der Waals surface area (Å²) in [5, 5.41) is 23.4. The van der Waals surface area contributed by atoms with Crippen LogP contribution in [0.4, 0.5) is 13.2 Å². The zero-order chi connectivity index (χ0) is 28.0. The van der Waals surface area contributed by atoms with Gasteiger partial charge in [-0.25, -0.2) is 0 Å². The zero-order valence-corrected chi connectivity index (χ0v) is 22.2. The van der Waals surface area contributed by atoms with Crippen molar-refractivity contribution in [1.82, 2.24) is 9.80 Å². The molecule has 1 saturated heterocycles. The maximum absolute atomic E-state index is 13.3. The standard InChI is InChI=1S/C31H31F3N2O4/c1-35(25(38)10-7-18-3-2-4-21(15-18)31(32,33)34)22-11-12-30(39)24-16-20-8-9-23(37)27-26(20)29(30,28(22)40-27)13-14-36(24)17-19-5-6-19/h2-4,8-9,15,19,22,24,28,37,39H,5-6,11-14,16-17H2,1H3/t22-,24-,28+,29+,30-/m1/s1. The predicted molar refractivity (Wildman–Crippen MR) is 140 cm³/mol. The summed E-state index contributed by atoms with van der Waals surface area (Å²) in [6, 6.07) is 7.69. The highest BCUT2D eigenvalue weighted by Crippen LogP contribution is 2.66. The van der Waals surface area contributed by atoms with Crippen LogP contribution in [0.25, 0.3) is 0 Å². The molecule has 3 aliphatic carbocycles. The number of benzene rings is 2. The number of aromatic hydroxyl groups is 1. The van der Waals surface area contributed by atoms with Gasteiger partial charge in [0.2, 0.25) is 0 Å². The Kier molecular flexibility index (Phi) is 5.56. The van der Waals surface area contributed by atoms with Gasteiger partial charge in [0.05, 0.1) is 22.6 Å². The molecule has 0 unspecified atom stereocenters. The lowest BCUT2D eigenvalue weighted by Crippen LogP contribution is -2.78. The minimum absolute atomic E-state index is 0.0285. The van der Waals surface area contributed by atoms with Gasteiger partial charge in [0.1, 0.15) is 6.10 Å². The summed E-state index contributed by atoms with van der Waals surface area (Å²) >= 11 is 0. The first-order valence-corrected chi connectivity index (χ1v) is 14.0. The van der Waals surface area contributed by atoms with Crippen LogP contribution in [0.1, 0.15) is 54.4 Å². The summed E-state index contributed by atoms with van der Waals surface area (Å²) in [7, 11) is 1.63. The van der Waals surface area contributed by atoms with Gasteiger partial charge in [-0.1, -0.05) is 18.1 Å². The predicted octanol–water partition coefficient (Wildman–Crippen LogP) is 3.85. The van der Waals surface area contributed by atoms with Gasteiger partial charge >= 0.3 is 6.18 Å². The van der Waals surface area contributed by atoms with E-state index in [0.29, 0.717) is 37.4 Å². The average molecular weight is 553 g/mol. The quantitative estimate of drug-likeness (QED) is 0.566. The van der Waals surface area contributed by atoms with Crippen LogP contribution in [0.5, 0.6) is 11.5 Å². The smallest absolute Gasteiger partial charge is 0.416 e. The maximum Gasteiger partial charge on any atom is 0.416 e. The number of piperidine rings is 1. The summed E-state index contributed by atoms with van der Waals surface area (Å²) in [5.74, 6) is 5.68. The van der Waals surface area contributed by atoms with Crippen LogP contribution in [0.2, 0.25) is 0 Å². The third kappa shape index (κ3) is 3.61. The Bertz CT molecular complexity index is 1460. The number of nitrogens with zero attached hydrogens (tertiary/aromatic N) is 2. The minimum Gasteiger partial charge on any atom is -0.504 e. The number of rotatable bonds is 3. The molecule has 3 fully saturated rings.